The molecule has 4 amide bonds. The molecule has 0 aliphatic carbocycles. The van der Waals surface area contributed by atoms with E-state index in [4.69, 9.17) is 6.57 Å². The lowest BCUT2D eigenvalue weighted by Gasteiger charge is -2.36. The highest BCUT2D eigenvalue weighted by Gasteiger charge is 2.59. The number of nitrogens with zero attached hydrogens (tertiary/aromatic N) is 3. The molecule has 9 nitrogen and oxygen atoms in total. The standard InChI is InChI=1S/C25H33N5O4/c1-15(27-16(2)31)21(32)29(7)19(12-24(3,4)5)22(33)30-14-25(13-20(30)26-6)17-10-8-9-11-18(17)28-23(25)34/h8-11,15,19-20H,12-14H2,1-5,7H3,(H,27,31)(H,28,34)/t15-,19-,20-,25-/m0/s1. The minimum atomic E-state index is -0.986. The third-order valence-corrected chi connectivity index (χ3v) is 6.58. The highest BCUT2D eigenvalue weighted by molar-refractivity contribution is 6.07. The number of likely N-dealkylation sites (tertiary alicyclic amines) is 1. The number of rotatable bonds is 5. The van der Waals surface area contributed by atoms with Crippen LogP contribution in [0.15, 0.2) is 24.3 Å². The minimum Gasteiger partial charge on any atom is -0.345 e. The van der Waals surface area contributed by atoms with Crippen LogP contribution in [-0.4, -0.2) is 65.3 Å². The van der Waals surface area contributed by atoms with Gasteiger partial charge in [-0.3, -0.25) is 28.9 Å². The van der Waals surface area contributed by atoms with Gasteiger partial charge in [-0.2, -0.15) is 0 Å². The molecule has 0 bridgehead atoms. The molecule has 0 saturated carbocycles. The average molecular weight is 468 g/mol. The normalized spacial score (nSPS) is 23.0. The number of likely N-dealkylation sites (N-methyl/N-ethyl adjacent to an activating group) is 1. The van der Waals surface area contributed by atoms with E-state index in [0.29, 0.717) is 12.1 Å². The van der Waals surface area contributed by atoms with E-state index in [-0.39, 0.29) is 36.1 Å². The van der Waals surface area contributed by atoms with Crippen molar-refractivity contribution in [1.29, 1.82) is 0 Å². The van der Waals surface area contributed by atoms with Gasteiger partial charge in [0.15, 0.2) is 0 Å². The first kappa shape index (κ1) is 25.2. The van der Waals surface area contributed by atoms with Crippen LogP contribution >= 0.6 is 0 Å². The van der Waals surface area contributed by atoms with Crippen LogP contribution in [0.2, 0.25) is 0 Å². The predicted octanol–water partition coefficient (Wildman–Crippen LogP) is 2.14. The van der Waals surface area contributed by atoms with E-state index in [1.165, 1.54) is 16.7 Å². The first-order valence-corrected chi connectivity index (χ1v) is 11.4. The van der Waals surface area contributed by atoms with Crippen molar-refractivity contribution in [3.63, 3.8) is 0 Å². The molecule has 2 aliphatic heterocycles. The summed E-state index contributed by atoms with van der Waals surface area (Å²) in [6, 6.07) is 5.71. The molecule has 182 valence electrons. The van der Waals surface area contributed by atoms with E-state index in [0.717, 1.165) is 5.56 Å². The number of anilines is 1. The van der Waals surface area contributed by atoms with E-state index in [1.807, 2.05) is 45.0 Å². The van der Waals surface area contributed by atoms with Gasteiger partial charge in [0.1, 0.15) is 17.5 Å². The SMILES string of the molecule is [C-]#[N+][C@@H]1C[C@@]2(CN1C(=O)[C@H](CC(C)(C)C)N(C)C(=O)[C@H](C)NC(C)=O)C(=O)Nc1ccccc12. The van der Waals surface area contributed by atoms with Crippen molar-refractivity contribution in [1.82, 2.24) is 15.1 Å². The summed E-state index contributed by atoms with van der Waals surface area (Å²) in [5.74, 6) is -1.31. The summed E-state index contributed by atoms with van der Waals surface area (Å²) >= 11 is 0. The molecule has 1 fully saturated rings. The number of carbonyl (C=O) groups excluding carboxylic acids is 4. The average Bonchev–Trinajstić information content (AvgIpc) is 3.28. The van der Waals surface area contributed by atoms with Crippen molar-refractivity contribution in [3.8, 4) is 0 Å². The highest BCUT2D eigenvalue weighted by Crippen LogP contribution is 2.47. The first-order valence-electron chi connectivity index (χ1n) is 11.4. The number of hydrogen-bond donors (Lipinski definition) is 2. The number of para-hydroxylation sites is 1. The van der Waals surface area contributed by atoms with Gasteiger partial charge in [0.05, 0.1) is 6.42 Å². The quantitative estimate of drug-likeness (QED) is 0.648. The topological polar surface area (TPSA) is 103 Å². The van der Waals surface area contributed by atoms with Crippen molar-refractivity contribution in [2.45, 2.75) is 71.1 Å². The highest BCUT2D eigenvalue weighted by atomic mass is 16.2. The first-order chi connectivity index (χ1) is 15.8. The molecule has 0 aromatic heterocycles. The summed E-state index contributed by atoms with van der Waals surface area (Å²) in [6.07, 6.45) is -0.256. The van der Waals surface area contributed by atoms with Crippen LogP contribution in [0.25, 0.3) is 4.85 Å². The van der Waals surface area contributed by atoms with Crippen molar-refractivity contribution in [2.24, 2.45) is 5.41 Å². The van der Waals surface area contributed by atoms with E-state index in [2.05, 4.69) is 15.5 Å². The number of benzene rings is 1. The third-order valence-electron chi connectivity index (χ3n) is 6.58. The Morgan fingerprint density at radius 2 is 1.97 bits per heavy atom. The van der Waals surface area contributed by atoms with Crippen molar-refractivity contribution in [3.05, 3.63) is 41.2 Å². The number of fused-ring (bicyclic) bond motifs is 2. The van der Waals surface area contributed by atoms with Crippen LogP contribution < -0.4 is 10.6 Å². The van der Waals surface area contributed by atoms with Gasteiger partial charge in [-0.05, 0) is 30.4 Å². The van der Waals surface area contributed by atoms with Crippen LogP contribution in [0.3, 0.4) is 0 Å². The van der Waals surface area contributed by atoms with Crippen LogP contribution in [0.1, 0.15) is 53.0 Å². The van der Waals surface area contributed by atoms with Gasteiger partial charge in [-0.15, -0.1) is 0 Å². The molecule has 4 atom stereocenters. The fourth-order valence-electron chi connectivity index (χ4n) is 4.94. The number of hydrogen-bond acceptors (Lipinski definition) is 4. The lowest BCUT2D eigenvalue weighted by Crippen LogP contribution is -2.55. The zero-order valence-corrected chi connectivity index (χ0v) is 20.6. The molecule has 2 heterocycles. The second-order valence-corrected chi connectivity index (χ2v) is 10.5. The molecule has 0 unspecified atom stereocenters. The maximum absolute atomic E-state index is 13.9. The molecular weight excluding hydrogens is 434 g/mol. The lowest BCUT2D eigenvalue weighted by atomic mass is 9.80. The van der Waals surface area contributed by atoms with E-state index < -0.39 is 29.6 Å². The monoisotopic (exact) mass is 467 g/mol. The molecule has 1 saturated heterocycles. The second kappa shape index (κ2) is 9.09. The van der Waals surface area contributed by atoms with Gasteiger partial charge in [-0.1, -0.05) is 39.0 Å². The van der Waals surface area contributed by atoms with Gasteiger partial charge in [0, 0.05) is 26.2 Å². The van der Waals surface area contributed by atoms with Crippen molar-refractivity contribution >= 4 is 29.3 Å². The van der Waals surface area contributed by atoms with Gasteiger partial charge in [-0.25, -0.2) is 6.57 Å². The molecule has 2 aliphatic rings. The second-order valence-electron chi connectivity index (χ2n) is 10.5. The van der Waals surface area contributed by atoms with Crippen LogP contribution in [0.4, 0.5) is 5.69 Å². The van der Waals surface area contributed by atoms with Gasteiger partial charge < -0.3 is 15.5 Å². The molecule has 9 heteroatoms. The minimum absolute atomic E-state index is 0.0750. The Morgan fingerprint density at radius 1 is 1.32 bits per heavy atom. The zero-order valence-electron chi connectivity index (χ0n) is 20.6. The molecule has 1 aromatic rings. The fraction of sp³-hybridized carbons (Fsp3) is 0.560. The fourth-order valence-corrected chi connectivity index (χ4v) is 4.94. The van der Waals surface area contributed by atoms with Crippen LogP contribution in [0.5, 0.6) is 0 Å². The number of carbonyl (C=O) groups is 4. The number of amides is 4. The predicted molar refractivity (Wildman–Crippen MR) is 127 cm³/mol. The summed E-state index contributed by atoms with van der Waals surface area (Å²) in [5.41, 5.74) is 0.210. The lowest BCUT2D eigenvalue weighted by molar-refractivity contribution is -0.147. The largest absolute Gasteiger partial charge is 0.345 e. The summed E-state index contributed by atoms with van der Waals surface area (Å²) in [4.78, 5) is 58.0. The summed E-state index contributed by atoms with van der Waals surface area (Å²) in [7, 11) is 1.55. The molecular formula is C25H33N5O4. The number of nitrogens with one attached hydrogen (secondary N) is 2. The van der Waals surface area contributed by atoms with Gasteiger partial charge in [0.25, 0.3) is 5.91 Å². The molecule has 3 rings (SSSR count). The smallest absolute Gasteiger partial charge is 0.302 e. The molecule has 2 N–H and O–H groups in total. The Balaban J connectivity index is 1.94. The summed E-state index contributed by atoms with van der Waals surface area (Å²) in [6.45, 7) is 16.7. The van der Waals surface area contributed by atoms with E-state index in [9.17, 15) is 19.2 Å². The summed E-state index contributed by atoms with van der Waals surface area (Å²) < 4.78 is 0. The van der Waals surface area contributed by atoms with Crippen molar-refractivity contribution < 1.29 is 19.2 Å². The van der Waals surface area contributed by atoms with Crippen LogP contribution in [-0.2, 0) is 24.6 Å². The molecule has 34 heavy (non-hydrogen) atoms. The molecule has 1 aromatic carbocycles. The Morgan fingerprint density at radius 3 is 2.56 bits per heavy atom. The van der Waals surface area contributed by atoms with Crippen molar-refractivity contribution in [2.75, 3.05) is 18.9 Å². The van der Waals surface area contributed by atoms with Crippen LogP contribution in [0, 0.1) is 12.0 Å². The zero-order chi connectivity index (χ0) is 25.4. The Labute approximate surface area is 200 Å². The third kappa shape index (κ3) is 4.63. The maximum Gasteiger partial charge on any atom is 0.302 e. The Kier molecular flexibility index (Phi) is 6.74. The van der Waals surface area contributed by atoms with E-state index in [1.54, 1.807) is 14.0 Å². The molecule has 1 spiro atoms. The van der Waals surface area contributed by atoms with E-state index >= 15 is 0 Å². The molecule has 0 radical (unpaired) electrons. The van der Waals surface area contributed by atoms with Gasteiger partial charge >= 0.3 is 6.17 Å². The Bertz CT molecular complexity index is 1060. The van der Waals surface area contributed by atoms with Gasteiger partial charge in [0.2, 0.25) is 17.7 Å². The Hall–Kier alpha value is -3.41. The maximum atomic E-state index is 13.9. The summed E-state index contributed by atoms with van der Waals surface area (Å²) in [5, 5.41) is 5.46.